The topological polar surface area (TPSA) is 42.0 Å². The molecule has 1 heterocycles. The quantitative estimate of drug-likeness (QED) is 0.590. The molecule has 3 nitrogen and oxygen atoms in total. The van der Waals surface area contributed by atoms with Crippen molar-refractivity contribution in [3.63, 3.8) is 0 Å². The highest BCUT2D eigenvalue weighted by molar-refractivity contribution is 7.13. The van der Waals surface area contributed by atoms with Gasteiger partial charge in [-0.3, -0.25) is 4.79 Å². The van der Waals surface area contributed by atoms with E-state index in [9.17, 15) is 4.79 Å². The number of nitrogens with zero attached hydrogens (tertiary/aromatic N) is 1. The standard InChI is InChI=1S/C9H12N2OS/c1-6-9(13-7(2)11-6)8(12)4-5-10-3/h4-5,10H,1-3H3. The van der Waals surface area contributed by atoms with Gasteiger partial charge in [0.2, 0.25) is 0 Å². The zero-order chi connectivity index (χ0) is 9.84. The van der Waals surface area contributed by atoms with Crippen LogP contribution in [0.3, 0.4) is 0 Å². The van der Waals surface area contributed by atoms with Gasteiger partial charge in [-0.05, 0) is 13.8 Å². The summed E-state index contributed by atoms with van der Waals surface area (Å²) in [4.78, 5) is 16.4. The third kappa shape index (κ3) is 2.39. The van der Waals surface area contributed by atoms with E-state index in [4.69, 9.17) is 0 Å². The molecule has 1 aromatic rings. The number of thiazole rings is 1. The molecule has 0 aliphatic rings. The van der Waals surface area contributed by atoms with Gasteiger partial charge < -0.3 is 5.32 Å². The maximum Gasteiger partial charge on any atom is 0.199 e. The minimum Gasteiger partial charge on any atom is -0.394 e. The van der Waals surface area contributed by atoms with Crippen molar-refractivity contribution in [3.05, 3.63) is 27.9 Å². The van der Waals surface area contributed by atoms with Crippen LogP contribution < -0.4 is 5.32 Å². The molecule has 1 aromatic heterocycles. The van der Waals surface area contributed by atoms with Crippen molar-refractivity contribution >= 4 is 17.1 Å². The molecule has 0 aliphatic heterocycles. The lowest BCUT2D eigenvalue weighted by atomic mass is 10.3. The second kappa shape index (κ2) is 4.18. The number of nitrogens with one attached hydrogen (secondary N) is 1. The molecule has 0 amide bonds. The summed E-state index contributed by atoms with van der Waals surface area (Å²) < 4.78 is 0. The van der Waals surface area contributed by atoms with Gasteiger partial charge in [0.05, 0.1) is 15.6 Å². The highest BCUT2D eigenvalue weighted by Crippen LogP contribution is 2.17. The molecule has 0 saturated carbocycles. The number of aromatic nitrogens is 1. The van der Waals surface area contributed by atoms with Crippen molar-refractivity contribution < 1.29 is 4.79 Å². The Hall–Kier alpha value is -1.16. The van der Waals surface area contributed by atoms with E-state index < -0.39 is 0 Å². The summed E-state index contributed by atoms with van der Waals surface area (Å²) in [6.07, 6.45) is 3.14. The number of hydrogen-bond acceptors (Lipinski definition) is 4. The van der Waals surface area contributed by atoms with Crippen LogP contribution in [0.2, 0.25) is 0 Å². The molecular weight excluding hydrogens is 184 g/mol. The zero-order valence-electron chi connectivity index (χ0n) is 7.92. The summed E-state index contributed by atoms with van der Waals surface area (Å²) in [7, 11) is 1.76. The Balaban J connectivity index is 2.88. The molecule has 0 bridgehead atoms. The van der Waals surface area contributed by atoms with Crippen LogP contribution in [0, 0.1) is 13.8 Å². The second-order valence-corrected chi connectivity index (χ2v) is 3.84. The summed E-state index contributed by atoms with van der Waals surface area (Å²) in [5.74, 6) is 0.0115. The Morgan fingerprint density at radius 1 is 1.54 bits per heavy atom. The lowest BCUT2D eigenvalue weighted by molar-refractivity contribution is 0.104. The molecule has 0 saturated heterocycles. The van der Waals surface area contributed by atoms with Crippen molar-refractivity contribution in [3.8, 4) is 0 Å². The summed E-state index contributed by atoms with van der Waals surface area (Å²) in [5.41, 5.74) is 0.813. The van der Waals surface area contributed by atoms with Gasteiger partial charge in [0.25, 0.3) is 0 Å². The zero-order valence-corrected chi connectivity index (χ0v) is 8.73. The molecule has 0 atom stereocenters. The SMILES string of the molecule is CNC=CC(=O)c1sc(C)nc1C. The van der Waals surface area contributed by atoms with Gasteiger partial charge in [-0.1, -0.05) is 0 Å². The van der Waals surface area contributed by atoms with Crippen LogP contribution in [0.15, 0.2) is 12.3 Å². The molecule has 0 aliphatic carbocycles. The van der Waals surface area contributed by atoms with E-state index in [1.54, 1.807) is 13.2 Å². The lowest BCUT2D eigenvalue weighted by Gasteiger charge is -1.90. The van der Waals surface area contributed by atoms with E-state index in [0.717, 1.165) is 15.6 Å². The molecule has 0 fully saturated rings. The van der Waals surface area contributed by atoms with Crippen molar-refractivity contribution in [2.45, 2.75) is 13.8 Å². The summed E-state index contributed by atoms with van der Waals surface area (Å²) in [6, 6.07) is 0. The van der Waals surface area contributed by atoms with Gasteiger partial charge in [0, 0.05) is 19.3 Å². The van der Waals surface area contributed by atoms with Gasteiger partial charge in [-0.2, -0.15) is 0 Å². The van der Waals surface area contributed by atoms with Crippen molar-refractivity contribution in [1.29, 1.82) is 0 Å². The summed E-state index contributed by atoms with van der Waals surface area (Å²) in [5, 5.41) is 3.71. The first kappa shape index (κ1) is 9.92. The second-order valence-electron chi connectivity index (χ2n) is 2.63. The van der Waals surface area contributed by atoms with Crippen LogP contribution in [0.1, 0.15) is 20.4 Å². The predicted molar refractivity (Wildman–Crippen MR) is 54.1 cm³/mol. The van der Waals surface area contributed by atoms with E-state index in [2.05, 4.69) is 10.3 Å². The fourth-order valence-electron chi connectivity index (χ4n) is 0.995. The molecule has 1 N–H and O–H groups in total. The van der Waals surface area contributed by atoms with Crippen LogP contribution in [0.4, 0.5) is 0 Å². The monoisotopic (exact) mass is 196 g/mol. The first-order valence-corrected chi connectivity index (χ1v) is 4.79. The smallest absolute Gasteiger partial charge is 0.199 e. The van der Waals surface area contributed by atoms with E-state index in [1.165, 1.54) is 17.4 Å². The van der Waals surface area contributed by atoms with Crippen LogP contribution in [-0.4, -0.2) is 17.8 Å². The molecule has 1 rings (SSSR count). The Morgan fingerprint density at radius 2 is 2.23 bits per heavy atom. The normalized spacial score (nSPS) is 10.7. The Labute approximate surface area is 81.5 Å². The van der Waals surface area contributed by atoms with Crippen molar-refractivity contribution in [2.24, 2.45) is 0 Å². The third-order valence-electron chi connectivity index (χ3n) is 1.53. The molecule has 13 heavy (non-hydrogen) atoms. The van der Waals surface area contributed by atoms with Crippen molar-refractivity contribution in [2.75, 3.05) is 7.05 Å². The first-order valence-electron chi connectivity index (χ1n) is 3.97. The van der Waals surface area contributed by atoms with E-state index >= 15 is 0 Å². The van der Waals surface area contributed by atoms with E-state index in [-0.39, 0.29) is 5.78 Å². The van der Waals surface area contributed by atoms with Crippen LogP contribution in [0.25, 0.3) is 0 Å². The number of carbonyl (C=O) groups excluding carboxylic acids is 1. The highest BCUT2D eigenvalue weighted by atomic mass is 32.1. The molecule has 0 unspecified atom stereocenters. The molecule has 0 spiro atoms. The highest BCUT2D eigenvalue weighted by Gasteiger charge is 2.10. The maximum atomic E-state index is 11.5. The maximum absolute atomic E-state index is 11.5. The number of aryl methyl sites for hydroxylation is 2. The van der Waals surface area contributed by atoms with Gasteiger partial charge in [-0.15, -0.1) is 11.3 Å². The van der Waals surface area contributed by atoms with E-state index in [0.29, 0.717) is 0 Å². The lowest BCUT2D eigenvalue weighted by Crippen LogP contribution is -1.98. The van der Waals surface area contributed by atoms with E-state index in [1.807, 2.05) is 13.8 Å². The third-order valence-corrected chi connectivity index (χ3v) is 2.62. The summed E-state index contributed by atoms with van der Waals surface area (Å²) in [6.45, 7) is 3.75. The first-order chi connectivity index (χ1) is 6.15. The minimum absolute atomic E-state index is 0.0115. The number of carbonyl (C=O) groups is 1. The molecule has 70 valence electrons. The Kier molecular flexibility index (Phi) is 3.19. The van der Waals surface area contributed by atoms with Crippen LogP contribution in [0.5, 0.6) is 0 Å². The predicted octanol–water partition coefficient (Wildman–Crippen LogP) is 1.68. The van der Waals surface area contributed by atoms with Gasteiger partial charge in [0.1, 0.15) is 0 Å². The number of ketones is 1. The van der Waals surface area contributed by atoms with Gasteiger partial charge >= 0.3 is 0 Å². The number of rotatable bonds is 3. The van der Waals surface area contributed by atoms with Gasteiger partial charge in [-0.25, -0.2) is 4.98 Å². The summed E-state index contributed by atoms with van der Waals surface area (Å²) >= 11 is 1.43. The molecule has 0 aromatic carbocycles. The molecular formula is C9H12N2OS. The average molecular weight is 196 g/mol. The van der Waals surface area contributed by atoms with Crippen LogP contribution in [-0.2, 0) is 0 Å². The molecule has 0 radical (unpaired) electrons. The fourth-order valence-corrected chi connectivity index (χ4v) is 1.83. The van der Waals surface area contributed by atoms with Crippen molar-refractivity contribution in [1.82, 2.24) is 10.3 Å². The Bertz CT molecular complexity index is 341. The minimum atomic E-state index is 0.0115. The van der Waals surface area contributed by atoms with Gasteiger partial charge in [0.15, 0.2) is 5.78 Å². The van der Waals surface area contributed by atoms with Crippen LogP contribution >= 0.6 is 11.3 Å². The fraction of sp³-hybridized carbons (Fsp3) is 0.333. The number of allylic oxidation sites excluding steroid dienone is 1. The average Bonchev–Trinajstić information content (AvgIpc) is 2.41. The molecule has 4 heteroatoms. The number of hydrogen-bond donors (Lipinski definition) is 1. The largest absolute Gasteiger partial charge is 0.394 e. The Morgan fingerprint density at radius 3 is 2.69 bits per heavy atom.